The van der Waals surface area contributed by atoms with E-state index in [1.807, 2.05) is 13.1 Å². The summed E-state index contributed by atoms with van der Waals surface area (Å²) < 4.78 is 11.4. The second kappa shape index (κ2) is 5.80. The van der Waals surface area contributed by atoms with Crippen LogP contribution in [0.3, 0.4) is 0 Å². The molecule has 106 valence electrons. The van der Waals surface area contributed by atoms with Crippen molar-refractivity contribution in [3.8, 4) is 11.5 Å². The number of rotatable bonds is 4. The highest BCUT2D eigenvalue weighted by Gasteiger charge is 2.29. The Labute approximate surface area is 115 Å². The Morgan fingerprint density at radius 1 is 1.26 bits per heavy atom. The monoisotopic (exact) mass is 264 g/mol. The van der Waals surface area contributed by atoms with Gasteiger partial charge < -0.3 is 20.5 Å². The summed E-state index contributed by atoms with van der Waals surface area (Å²) in [6.45, 7) is 6.37. The van der Waals surface area contributed by atoms with Crippen LogP contribution in [-0.4, -0.2) is 26.8 Å². The summed E-state index contributed by atoms with van der Waals surface area (Å²) in [6.07, 6.45) is 0.924. The third kappa shape index (κ3) is 3.01. The van der Waals surface area contributed by atoms with Gasteiger partial charge in [-0.15, -0.1) is 0 Å². The molecule has 4 heteroatoms. The van der Waals surface area contributed by atoms with E-state index >= 15 is 0 Å². The average Bonchev–Trinajstić information content (AvgIpc) is 2.64. The molecule has 4 nitrogen and oxygen atoms in total. The van der Waals surface area contributed by atoms with Crippen LogP contribution < -0.4 is 20.5 Å². The molecule has 1 heterocycles. The molecule has 1 aliphatic rings. The van der Waals surface area contributed by atoms with E-state index in [9.17, 15) is 0 Å². The van der Waals surface area contributed by atoms with E-state index in [0.29, 0.717) is 13.2 Å². The van der Waals surface area contributed by atoms with E-state index in [4.69, 9.17) is 15.2 Å². The molecule has 2 rings (SSSR count). The van der Waals surface area contributed by atoms with Gasteiger partial charge in [-0.1, -0.05) is 19.9 Å². The normalized spacial score (nSPS) is 16.8. The maximum absolute atomic E-state index is 5.89. The number of hydrogen-bond acceptors (Lipinski definition) is 4. The molecule has 0 amide bonds. The van der Waals surface area contributed by atoms with Gasteiger partial charge in [-0.05, 0) is 36.7 Å². The van der Waals surface area contributed by atoms with Crippen LogP contribution in [0.2, 0.25) is 0 Å². The van der Waals surface area contributed by atoms with Gasteiger partial charge in [0, 0.05) is 12.5 Å². The maximum Gasteiger partial charge on any atom is 0.161 e. The predicted octanol–water partition coefficient (Wildman–Crippen LogP) is 2.09. The van der Waals surface area contributed by atoms with Gasteiger partial charge in [-0.25, -0.2) is 0 Å². The van der Waals surface area contributed by atoms with Crippen molar-refractivity contribution in [2.45, 2.75) is 26.3 Å². The molecule has 19 heavy (non-hydrogen) atoms. The summed E-state index contributed by atoms with van der Waals surface area (Å²) in [4.78, 5) is 0. The lowest BCUT2D eigenvalue weighted by Gasteiger charge is -2.33. The van der Waals surface area contributed by atoms with Gasteiger partial charge in [-0.3, -0.25) is 0 Å². The summed E-state index contributed by atoms with van der Waals surface area (Å²) in [6, 6.07) is 6.34. The first-order valence-electron chi connectivity index (χ1n) is 6.85. The summed E-state index contributed by atoms with van der Waals surface area (Å²) in [5.74, 6) is 1.67. The standard InChI is InChI=1S/C15H24N2O2/c1-15(2,10-16)14(17-3)11-5-6-12-13(9-11)19-8-4-7-18-12/h5-6,9,14,17H,4,7-8,10,16H2,1-3H3. The van der Waals surface area contributed by atoms with Gasteiger partial charge >= 0.3 is 0 Å². The fraction of sp³-hybridized carbons (Fsp3) is 0.600. The quantitative estimate of drug-likeness (QED) is 0.874. The Bertz CT molecular complexity index is 432. The van der Waals surface area contributed by atoms with Crippen molar-refractivity contribution < 1.29 is 9.47 Å². The Kier molecular flexibility index (Phi) is 4.32. The number of benzene rings is 1. The lowest BCUT2D eigenvalue weighted by molar-refractivity contribution is 0.264. The molecular formula is C15H24N2O2. The number of ether oxygens (including phenoxy) is 2. The predicted molar refractivity (Wildman–Crippen MR) is 76.7 cm³/mol. The molecule has 3 N–H and O–H groups in total. The average molecular weight is 264 g/mol. The van der Waals surface area contributed by atoms with E-state index in [1.54, 1.807) is 0 Å². The van der Waals surface area contributed by atoms with E-state index in [2.05, 4.69) is 31.3 Å². The fourth-order valence-electron chi connectivity index (χ4n) is 2.49. The molecule has 0 fully saturated rings. The maximum atomic E-state index is 5.89. The van der Waals surface area contributed by atoms with E-state index < -0.39 is 0 Å². The molecule has 1 aromatic rings. The first kappa shape index (κ1) is 14.2. The van der Waals surface area contributed by atoms with Crippen LogP contribution in [0.5, 0.6) is 11.5 Å². The van der Waals surface area contributed by atoms with Crippen molar-refractivity contribution in [2.24, 2.45) is 11.1 Å². The van der Waals surface area contributed by atoms with Crippen molar-refractivity contribution in [3.05, 3.63) is 23.8 Å². The summed E-state index contributed by atoms with van der Waals surface area (Å²) >= 11 is 0. The van der Waals surface area contributed by atoms with Crippen LogP contribution in [-0.2, 0) is 0 Å². The second-order valence-corrected chi connectivity index (χ2v) is 5.67. The van der Waals surface area contributed by atoms with Crippen molar-refractivity contribution in [3.63, 3.8) is 0 Å². The lowest BCUT2D eigenvalue weighted by Crippen LogP contribution is -2.37. The largest absolute Gasteiger partial charge is 0.490 e. The van der Waals surface area contributed by atoms with Crippen LogP contribution in [0.25, 0.3) is 0 Å². The molecule has 0 aliphatic carbocycles. The first-order chi connectivity index (χ1) is 9.08. The molecule has 0 spiro atoms. The molecular weight excluding hydrogens is 240 g/mol. The first-order valence-corrected chi connectivity index (χ1v) is 6.85. The lowest BCUT2D eigenvalue weighted by atomic mass is 9.80. The van der Waals surface area contributed by atoms with Crippen molar-refractivity contribution in [2.75, 3.05) is 26.8 Å². The van der Waals surface area contributed by atoms with Gasteiger partial charge in [0.1, 0.15) is 0 Å². The number of nitrogens with two attached hydrogens (primary N) is 1. The number of fused-ring (bicyclic) bond motifs is 1. The zero-order valence-corrected chi connectivity index (χ0v) is 12.0. The molecule has 0 aromatic heterocycles. The van der Waals surface area contributed by atoms with E-state index in [1.165, 1.54) is 5.56 Å². The number of hydrogen-bond donors (Lipinski definition) is 2. The molecule has 0 bridgehead atoms. The molecule has 0 radical (unpaired) electrons. The van der Waals surface area contributed by atoms with Gasteiger partial charge in [0.15, 0.2) is 11.5 Å². The van der Waals surface area contributed by atoms with Crippen molar-refractivity contribution in [1.29, 1.82) is 0 Å². The minimum absolute atomic E-state index is 0.0193. The molecule has 1 unspecified atom stereocenters. The minimum Gasteiger partial charge on any atom is -0.490 e. The summed E-state index contributed by atoms with van der Waals surface area (Å²) in [7, 11) is 1.96. The third-order valence-corrected chi connectivity index (χ3v) is 3.70. The van der Waals surface area contributed by atoms with Gasteiger partial charge in [0.05, 0.1) is 13.2 Å². The minimum atomic E-state index is -0.0193. The molecule has 1 atom stereocenters. The summed E-state index contributed by atoms with van der Waals surface area (Å²) in [5, 5.41) is 3.36. The fourth-order valence-corrected chi connectivity index (χ4v) is 2.49. The Morgan fingerprint density at radius 3 is 2.58 bits per heavy atom. The molecule has 0 saturated heterocycles. The third-order valence-electron chi connectivity index (χ3n) is 3.70. The molecule has 1 aromatic carbocycles. The Hall–Kier alpha value is -1.26. The Balaban J connectivity index is 2.32. The van der Waals surface area contributed by atoms with Crippen LogP contribution in [0.4, 0.5) is 0 Å². The molecule has 0 saturated carbocycles. The zero-order valence-electron chi connectivity index (χ0n) is 12.0. The van der Waals surface area contributed by atoms with Crippen LogP contribution >= 0.6 is 0 Å². The molecule has 1 aliphatic heterocycles. The highest BCUT2D eigenvalue weighted by atomic mass is 16.5. The van der Waals surface area contributed by atoms with Crippen molar-refractivity contribution >= 4 is 0 Å². The van der Waals surface area contributed by atoms with Crippen molar-refractivity contribution in [1.82, 2.24) is 5.32 Å². The van der Waals surface area contributed by atoms with Gasteiger partial charge in [0.2, 0.25) is 0 Å². The zero-order chi connectivity index (χ0) is 13.9. The highest BCUT2D eigenvalue weighted by molar-refractivity contribution is 5.44. The van der Waals surface area contributed by atoms with E-state index in [-0.39, 0.29) is 11.5 Å². The van der Waals surface area contributed by atoms with Crippen LogP contribution in [0, 0.1) is 5.41 Å². The summed E-state index contributed by atoms with van der Waals surface area (Å²) in [5.41, 5.74) is 7.05. The second-order valence-electron chi connectivity index (χ2n) is 5.67. The van der Waals surface area contributed by atoms with Gasteiger partial charge in [0.25, 0.3) is 0 Å². The van der Waals surface area contributed by atoms with Gasteiger partial charge in [-0.2, -0.15) is 0 Å². The van der Waals surface area contributed by atoms with Crippen LogP contribution in [0.15, 0.2) is 18.2 Å². The SMILES string of the molecule is CNC(c1ccc2c(c1)OCCCO2)C(C)(C)CN. The number of nitrogens with one attached hydrogen (secondary N) is 1. The highest BCUT2D eigenvalue weighted by Crippen LogP contribution is 2.37. The Morgan fingerprint density at radius 2 is 1.95 bits per heavy atom. The van der Waals surface area contributed by atoms with E-state index in [0.717, 1.165) is 24.5 Å². The van der Waals surface area contributed by atoms with Crippen LogP contribution in [0.1, 0.15) is 31.9 Å². The topological polar surface area (TPSA) is 56.5 Å². The smallest absolute Gasteiger partial charge is 0.161 e.